The Labute approximate surface area is 222 Å². The molecule has 0 radical (unpaired) electrons. The van der Waals surface area contributed by atoms with Crippen LogP contribution in [0.2, 0.25) is 0 Å². The normalized spacial score (nSPS) is 22.5. The number of nitrogens with one attached hydrogen (secondary N) is 1. The third-order valence-corrected chi connectivity index (χ3v) is 9.09. The average Bonchev–Trinajstić information content (AvgIpc) is 3.63. The lowest BCUT2D eigenvalue weighted by Gasteiger charge is -2.38. The van der Waals surface area contributed by atoms with E-state index in [2.05, 4.69) is 39.6 Å². The number of ether oxygens (including phenoxy) is 1. The Bertz CT molecular complexity index is 1390. The van der Waals surface area contributed by atoms with Crippen LogP contribution in [0.15, 0.2) is 42.7 Å². The quantitative estimate of drug-likeness (QED) is 0.572. The molecule has 0 unspecified atom stereocenters. The topological polar surface area (TPSA) is 62.6 Å². The number of fused-ring (bicyclic) bond motifs is 4. The van der Waals surface area contributed by atoms with Crippen molar-refractivity contribution in [3.05, 3.63) is 70.8 Å². The van der Waals surface area contributed by atoms with E-state index in [4.69, 9.17) is 4.74 Å². The van der Waals surface area contributed by atoms with Crippen molar-refractivity contribution in [1.82, 2.24) is 24.9 Å². The molecule has 0 saturated carbocycles. The van der Waals surface area contributed by atoms with Gasteiger partial charge in [-0.15, -0.1) is 0 Å². The third kappa shape index (κ3) is 3.93. The van der Waals surface area contributed by atoms with Gasteiger partial charge in [-0.25, -0.2) is 4.39 Å². The first-order valence-corrected chi connectivity index (χ1v) is 13.8. The van der Waals surface area contributed by atoms with E-state index in [9.17, 15) is 4.79 Å². The monoisotopic (exact) mass is 515 g/mol. The van der Waals surface area contributed by atoms with Crippen molar-refractivity contribution in [2.75, 3.05) is 32.8 Å². The molecule has 1 amide bonds. The lowest BCUT2D eigenvalue weighted by Crippen LogP contribution is -2.46. The number of likely N-dealkylation sites (tertiary alicyclic amines) is 1. The number of hydrogen-bond acceptors (Lipinski definition) is 5. The van der Waals surface area contributed by atoms with Crippen molar-refractivity contribution in [3.63, 3.8) is 0 Å². The summed E-state index contributed by atoms with van der Waals surface area (Å²) in [5, 5.41) is 7.68. The van der Waals surface area contributed by atoms with Gasteiger partial charge in [0.15, 0.2) is 0 Å². The first-order valence-electron chi connectivity index (χ1n) is 13.8. The molecule has 2 fully saturated rings. The van der Waals surface area contributed by atoms with Crippen LogP contribution in [0.1, 0.15) is 52.7 Å². The van der Waals surface area contributed by atoms with Crippen LogP contribution in [-0.4, -0.2) is 64.3 Å². The standard InChI is InChI=1S/C30H34FN5O2/c1-34-17-22(14-33-34)21-5-2-4-20(12-21)16-35-10-7-30(8-11-35)19-38-28-24-18-36(23-6-3-9-32-15-23)29(37)27(24)26(31)13-25(28)30/h2,4-5,12-14,17,23,32H,3,6-11,15-16,18-19H2,1H3/t23-/m0/s1. The van der Waals surface area contributed by atoms with Crippen molar-refractivity contribution in [2.24, 2.45) is 7.05 Å². The van der Waals surface area contributed by atoms with Crippen LogP contribution in [0.25, 0.3) is 11.1 Å². The molecule has 7 nitrogen and oxygen atoms in total. The molecule has 2 aromatic carbocycles. The zero-order valence-electron chi connectivity index (χ0n) is 21.9. The van der Waals surface area contributed by atoms with Crippen LogP contribution in [0.4, 0.5) is 4.39 Å². The van der Waals surface area contributed by atoms with Crippen LogP contribution < -0.4 is 10.1 Å². The van der Waals surface area contributed by atoms with E-state index in [0.29, 0.717) is 13.2 Å². The summed E-state index contributed by atoms with van der Waals surface area (Å²) in [5.41, 5.74) is 5.38. The Morgan fingerprint density at radius 3 is 2.84 bits per heavy atom. The summed E-state index contributed by atoms with van der Waals surface area (Å²) in [4.78, 5) is 17.5. The van der Waals surface area contributed by atoms with Crippen molar-refractivity contribution in [2.45, 2.75) is 50.2 Å². The zero-order valence-corrected chi connectivity index (χ0v) is 21.9. The Balaban J connectivity index is 1.08. The Hall–Kier alpha value is -3.23. The van der Waals surface area contributed by atoms with Gasteiger partial charge in [0, 0.05) is 54.5 Å². The lowest BCUT2D eigenvalue weighted by molar-refractivity contribution is 0.0671. The molecule has 38 heavy (non-hydrogen) atoms. The number of aryl methyl sites for hydroxylation is 1. The summed E-state index contributed by atoms with van der Waals surface area (Å²) < 4.78 is 23.6. The fourth-order valence-electron chi connectivity index (χ4n) is 6.92. The second kappa shape index (κ2) is 9.20. The number of carbonyl (C=O) groups is 1. The van der Waals surface area contributed by atoms with E-state index >= 15 is 4.39 Å². The summed E-state index contributed by atoms with van der Waals surface area (Å²) in [6.07, 6.45) is 7.78. The molecule has 3 aromatic rings. The molecule has 7 rings (SSSR count). The largest absolute Gasteiger partial charge is 0.492 e. The Morgan fingerprint density at radius 1 is 1.21 bits per heavy atom. The minimum Gasteiger partial charge on any atom is -0.492 e. The van der Waals surface area contributed by atoms with Crippen LogP contribution in [0.3, 0.4) is 0 Å². The number of halogens is 1. The first-order chi connectivity index (χ1) is 18.5. The highest BCUT2D eigenvalue weighted by atomic mass is 19.1. The van der Waals surface area contributed by atoms with E-state index in [0.717, 1.165) is 80.8 Å². The van der Waals surface area contributed by atoms with Crippen molar-refractivity contribution in [1.29, 1.82) is 0 Å². The molecule has 1 N–H and O–H groups in total. The highest BCUT2D eigenvalue weighted by Crippen LogP contribution is 2.50. The SMILES string of the molecule is Cn1cc(-c2cccc(CN3CCC4(CC3)COc3c4cc(F)c4c3CN([C@H]3CCCNC3)C4=O)c2)cn1. The summed E-state index contributed by atoms with van der Waals surface area (Å²) in [7, 11) is 1.93. The number of aromatic nitrogens is 2. The van der Waals surface area contributed by atoms with Gasteiger partial charge in [-0.2, -0.15) is 5.10 Å². The van der Waals surface area contributed by atoms with Gasteiger partial charge in [-0.05, 0) is 68.6 Å². The van der Waals surface area contributed by atoms with Gasteiger partial charge in [0.05, 0.1) is 24.9 Å². The van der Waals surface area contributed by atoms with Crippen LogP contribution >= 0.6 is 0 Å². The van der Waals surface area contributed by atoms with E-state index in [-0.39, 0.29) is 28.7 Å². The van der Waals surface area contributed by atoms with E-state index < -0.39 is 0 Å². The molecule has 0 aliphatic carbocycles. The minimum atomic E-state index is -0.380. The molecular weight excluding hydrogens is 481 g/mol. The fourth-order valence-corrected chi connectivity index (χ4v) is 6.92. The predicted molar refractivity (Wildman–Crippen MR) is 142 cm³/mol. The number of carbonyl (C=O) groups excluding carboxylic acids is 1. The van der Waals surface area contributed by atoms with Gasteiger partial charge in [0.2, 0.25) is 0 Å². The molecule has 4 aliphatic rings. The van der Waals surface area contributed by atoms with E-state index in [1.165, 1.54) is 11.1 Å². The molecule has 1 aromatic heterocycles. The third-order valence-electron chi connectivity index (χ3n) is 9.09. The maximum Gasteiger partial charge on any atom is 0.257 e. The molecular formula is C30H34FN5O2. The molecule has 1 spiro atoms. The van der Waals surface area contributed by atoms with Crippen LogP contribution in [-0.2, 0) is 25.6 Å². The summed E-state index contributed by atoms with van der Waals surface area (Å²) in [6.45, 7) is 5.52. The first kappa shape index (κ1) is 23.9. The van der Waals surface area contributed by atoms with Crippen LogP contribution in [0.5, 0.6) is 5.75 Å². The second-order valence-electron chi connectivity index (χ2n) is 11.5. The molecule has 2 saturated heterocycles. The molecule has 198 valence electrons. The number of amides is 1. The summed E-state index contributed by atoms with van der Waals surface area (Å²) in [6, 6.07) is 10.4. The average molecular weight is 516 g/mol. The maximum absolute atomic E-state index is 15.5. The number of piperidine rings is 2. The van der Waals surface area contributed by atoms with Gasteiger partial charge in [0.1, 0.15) is 11.6 Å². The zero-order chi connectivity index (χ0) is 25.9. The smallest absolute Gasteiger partial charge is 0.257 e. The summed E-state index contributed by atoms with van der Waals surface area (Å²) >= 11 is 0. The van der Waals surface area contributed by atoms with E-state index in [1.807, 2.05) is 29.0 Å². The Morgan fingerprint density at radius 2 is 2.08 bits per heavy atom. The molecule has 5 heterocycles. The minimum absolute atomic E-state index is 0.119. The molecule has 4 aliphatic heterocycles. The lowest BCUT2D eigenvalue weighted by atomic mass is 9.73. The number of rotatable bonds is 4. The van der Waals surface area contributed by atoms with Crippen LogP contribution in [0, 0.1) is 5.82 Å². The fraction of sp³-hybridized carbons (Fsp3) is 0.467. The Kier molecular flexibility index (Phi) is 5.78. The number of hydrogen-bond donors (Lipinski definition) is 1. The molecule has 1 atom stereocenters. The van der Waals surface area contributed by atoms with E-state index in [1.54, 1.807) is 6.07 Å². The van der Waals surface area contributed by atoms with Gasteiger partial charge in [-0.3, -0.25) is 14.4 Å². The number of benzene rings is 2. The summed E-state index contributed by atoms with van der Waals surface area (Å²) in [5.74, 6) is 0.218. The maximum atomic E-state index is 15.5. The van der Waals surface area contributed by atoms with Gasteiger partial charge in [0.25, 0.3) is 5.91 Å². The highest BCUT2D eigenvalue weighted by Gasteiger charge is 2.48. The molecule has 8 heteroatoms. The van der Waals surface area contributed by atoms with Gasteiger partial charge in [-0.1, -0.05) is 18.2 Å². The van der Waals surface area contributed by atoms with Crippen molar-refractivity contribution in [3.8, 4) is 16.9 Å². The van der Waals surface area contributed by atoms with Gasteiger partial charge < -0.3 is 15.0 Å². The molecule has 0 bridgehead atoms. The number of nitrogens with zero attached hydrogens (tertiary/aromatic N) is 4. The second-order valence-corrected chi connectivity index (χ2v) is 11.5. The van der Waals surface area contributed by atoms with Gasteiger partial charge >= 0.3 is 0 Å². The predicted octanol–water partition coefficient (Wildman–Crippen LogP) is 3.86. The van der Waals surface area contributed by atoms with Crippen molar-refractivity contribution < 1.29 is 13.9 Å². The van der Waals surface area contributed by atoms with Crippen molar-refractivity contribution >= 4 is 5.91 Å². The highest BCUT2D eigenvalue weighted by molar-refractivity contribution is 6.00.